The van der Waals surface area contributed by atoms with Gasteiger partial charge in [-0.1, -0.05) is 29.8 Å². The van der Waals surface area contributed by atoms with Gasteiger partial charge in [0.05, 0.1) is 0 Å². The van der Waals surface area contributed by atoms with Gasteiger partial charge < -0.3 is 10.6 Å². The third kappa shape index (κ3) is 3.10. The summed E-state index contributed by atoms with van der Waals surface area (Å²) in [5.74, 6) is 0.215. The number of nitrogens with two attached hydrogens (primary N) is 1. The zero-order valence-electron chi connectivity index (χ0n) is 11.1. The number of hydrogen-bond donors (Lipinski definition) is 1. The van der Waals surface area contributed by atoms with Crippen LogP contribution >= 0.6 is 0 Å². The molecule has 0 aromatic heterocycles. The zero-order chi connectivity index (χ0) is 13.0. The van der Waals surface area contributed by atoms with E-state index < -0.39 is 0 Å². The maximum Gasteiger partial charge on any atom is 0.224 e. The van der Waals surface area contributed by atoms with Gasteiger partial charge in [-0.15, -0.1) is 0 Å². The van der Waals surface area contributed by atoms with Crippen LogP contribution in [-0.4, -0.2) is 29.9 Å². The molecule has 1 amide bonds. The van der Waals surface area contributed by atoms with Gasteiger partial charge in [0.15, 0.2) is 0 Å². The quantitative estimate of drug-likeness (QED) is 0.881. The van der Waals surface area contributed by atoms with Gasteiger partial charge in [-0.2, -0.15) is 0 Å². The Morgan fingerprint density at radius 1 is 1.39 bits per heavy atom. The first-order chi connectivity index (χ1) is 8.70. The molecule has 1 atom stereocenters. The van der Waals surface area contributed by atoms with Gasteiger partial charge in [-0.05, 0) is 31.7 Å². The van der Waals surface area contributed by atoms with Crippen molar-refractivity contribution < 1.29 is 4.79 Å². The molecule has 1 unspecified atom stereocenters. The molecule has 3 nitrogen and oxygen atoms in total. The minimum Gasteiger partial charge on any atom is -0.339 e. The van der Waals surface area contributed by atoms with Crippen LogP contribution in [-0.2, 0) is 11.2 Å². The lowest BCUT2D eigenvalue weighted by atomic mass is 10.0. The number of rotatable bonds is 4. The largest absolute Gasteiger partial charge is 0.339 e. The van der Waals surface area contributed by atoms with Crippen molar-refractivity contribution in [1.29, 1.82) is 0 Å². The van der Waals surface area contributed by atoms with Gasteiger partial charge in [0.1, 0.15) is 0 Å². The smallest absolute Gasteiger partial charge is 0.224 e. The van der Waals surface area contributed by atoms with Crippen LogP contribution in [0.2, 0.25) is 0 Å². The summed E-state index contributed by atoms with van der Waals surface area (Å²) in [6.45, 7) is 3.44. The van der Waals surface area contributed by atoms with Crippen molar-refractivity contribution in [2.75, 3.05) is 13.1 Å². The van der Waals surface area contributed by atoms with Gasteiger partial charge in [-0.3, -0.25) is 4.79 Å². The van der Waals surface area contributed by atoms with Crippen LogP contribution in [0.25, 0.3) is 0 Å². The van der Waals surface area contributed by atoms with Crippen molar-refractivity contribution in [3.05, 3.63) is 35.4 Å². The first-order valence-electron chi connectivity index (χ1n) is 6.76. The first-order valence-corrected chi connectivity index (χ1v) is 6.76. The second-order valence-corrected chi connectivity index (χ2v) is 5.11. The predicted octanol–water partition coefficient (Wildman–Crippen LogP) is 1.88. The van der Waals surface area contributed by atoms with Gasteiger partial charge >= 0.3 is 0 Å². The van der Waals surface area contributed by atoms with Crippen molar-refractivity contribution in [2.24, 2.45) is 5.73 Å². The van der Waals surface area contributed by atoms with E-state index in [-0.39, 0.29) is 5.91 Å². The molecule has 2 rings (SSSR count). The molecule has 0 aliphatic carbocycles. The van der Waals surface area contributed by atoms with E-state index in [1.807, 2.05) is 4.90 Å². The molecule has 1 saturated heterocycles. The Labute approximate surface area is 109 Å². The molecule has 1 aliphatic rings. The number of nitrogens with zero attached hydrogens (tertiary/aromatic N) is 1. The molecule has 1 heterocycles. The average Bonchev–Trinajstić information content (AvgIpc) is 2.81. The predicted molar refractivity (Wildman–Crippen MR) is 73.3 cm³/mol. The number of likely N-dealkylation sites (tertiary alicyclic amines) is 1. The SMILES string of the molecule is Cc1ccc(CC2CCCN2C(=O)CCN)cc1. The Hall–Kier alpha value is -1.35. The highest BCUT2D eigenvalue weighted by Crippen LogP contribution is 2.22. The van der Waals surface area contributed by atoms with E-state index in [1.165, 1.54) is 11.1 Å². The molecule has 1 aliphatic heterocycles. The molecule has 0 bridgehead atoms. The van der Waals surface area contributed by atoms with E-state index in [0.717, 1.165) is 25.8 Å². The normalized spacial score (nSPS) is 19.2. The summed E-state index contributed by atoms with van der Waals surface area (Å²) in [5, 5.41) is 0. The molecule has 18 heavy (non-hydrogen) atoms. The van der Waals surface area contributed by atoms with E-state index in [4.69, 9.17) is 5.73 Å². The van der Waals surface area contributed by atoms with Crippen LogP contribution < -0.4 is 5.73 Å². The molecule has 1 aromatic carbocycles. The average molecular weight is 246 g/mol. The van der Waals surface area contributed by atoms with E-state index in [9.17, 15) is 4.79 Å². The van der Waals surface area contributed by atoms with E-state index in [1.54, 1.807) is 0 Å². The first kappa shape index (κ1) is 13.1. The minimum atomic E-state index is 0.215. The molecule has 3 heteroatoms. The molecule has 2 N–H and O–H groups in total. The highest BCUT2D eigenvalue weighted by atomic mass is 16.2. The Morgan fingerprint density at radius 3 is 2.78 bits per heavy atom. The maximum atomic E-state index is 11.9. The van der Waals surface area contributed by atoms with E-state index in [0.29, 0.717) is 19.0 Å². The highest BCUT2D eigenvalue weighted by molar-refractivity contribution is 5.77. The van der Waals surface area contributed by atoms with E-state index >= 15 is 0 Å². The Morgan fingerprint density at radius 2 is 2.11 bits per heavy atom. The van der Waals surface area contributed by atoms with Gasteiger partial charge in [0.25, 0.3) is 0 Å². The van der Waals surface area contributed by atoms with Crippen LogP contribution in [0.5, 0.6) is 0 Å². The fraction of sp³-hybridized carbons (Fsp3) is 0.533. The second-order valence-electron chi connectivity index (χ2n) is 5.11. The van der Waals surface area contributed by atoms with Crippen LogP contribution in [0, 0.1) is 6.92 Å². The number of carbonyl (C=O) groups is 1. The molecule has 0 radical (unpaired) electrons. The summed E-state index contributed by atoms with van der Waals surface area (Å²) in [7, 11) is 0. The summed E-state index contributed by atoms with van der Waals surface area (Å²) in [4.78, 5) is 14.0. The third-order valence-corrected chi connectivity index (χ3v) is 3.65. The van der Waals surface area contributed by atoms with E-state index in [2.05, 4.69) is 31.2 Å². The molecule has 98 valence electrons. The minimum absolute atomic E-state index is 0.215. The number of carbonyl (C=O) groups excluding carboxylic acids is 1. The number of aryl methyl sites for hydroxylation is 1. The fourth-order valence-corrected chi connectivity index (χ4v) is 2.64. The van der Waals surface area contributed by atoms with Crippen LogP contribution in [0.15, 0.2) is 24.3 Å². The lowest BCUT2D eigenvalue weighted by Gasteiger charge is -2.24. The summed E-state index contributed by atoms with van der Waals surface area (Å²) >= 11 is 0. The van der Waals surface area contributed by atoms with Crippen molar-refractivity contribution in [3.63, 3.8) is 0 Å². The fourth-order valence-electron chi connectivity index (χ4n) is 2.64. The van der Waals surface area contributed by atoms with Crippen LogP contribution in [0.3, 0.4) is 0 Å². The number of hydrogen-bond acceptors (Lipinski definition) is 2. The molecular weight excluding hydrogens is 224 g/mol. The molecule has 1 fully saturated rings. The van der Waals surface area contributed by atoms with Gasteiger partial charge in [0.2, 0.25) is 5.91 Å². The van der Waals surface area contributed by atoms with Crippen molar-refractivity contribution in [2.45, 2.75) is 38.6 Å². The number of benzene rings is 1. The molecular formula is C15H22N2O. The number of amides is 1. The topological polar surface area (TPSA) is 46.3 Å². The van der Waals surface area contributed by atoms with Crippen molar-refractivity contribution >= 4 is 5.91 Å². The van der Waals surface area contributed by atoms with Crippen molar-refractivity contribution in [1.82, 2.24) is 4.90 Å². The Kier molecular flexibility index (Phi) is 4.37. The van der Waals surface area contributed by atoms with Gasteiger partial charge in [0, 0.05) is 25.6 Å². The van der Waals surface area contributed by atoms with Crippen LogP contribution in [0.4, 0.5) is 0 Å². The monoisotopic (exact) mass is 246 g/mol. The summed E-state index contributed by atoms with van der Waals surface area (Å²) in [6, 6.07) is 8.97. The summed E-state index contributed by atoms with van der Waals surface area (Å²) < 4.78 is 0. The zero-order valence-corrected chi connectivity index (χ0v) is 11.1. The molecule has 0 saturated carbocycles. The second kappa shape index (κ2) is 6.01. The lowest BCUT2D eigenvalue weighted by Crippen LogP contribution is -2.37. The van der Waals surface area contributed by atoms with Gasteiger partial charge in [-0.25, -0.2) is 0 Å². The van der Waals surface area contributed by atoms with Crippen LogP contribution in [0.1, 0.15) is 30.4 Å². The molecule has 0 spiro atoms. The lowest BCUT2D eigenvalue weighted by molar-refractivity contribution is -0.131. The van der Waals surface area contributed by atoms with Crippen molar-refractivity contribution in [3.8, 4) is 0 Å². The third-order valence-electron chi connectivity index (χ3n) is 3.65. The molecule has 1 aromatic rings. The standard InChI is InChI=1S/C15H22N2O/c1-12-4-6-13(7-5-12)11-14-3-2-10-17(14)15(18)8-9-16/h4-7,14H,2-3,8-11,16H2,1H3. The highest BCUT2D eigenvalue weighted by Gasteiger charge is 2.27. The Balaban J connectivity index is 1.99. The summed E-state index contributed by atoms with van der Waals surface area (Å²) in [5.41, 5.74) is 8.06. The Bertz CT molecular complexity index is 399. The maximum absolute atomic E-state index is 11.9. The summed E-state index contributed by atoms with van der Waals surface area (Å²) in [6.07, 6.45) is 3.68.